The quantitative estimate of drug-likeness (QED) is 0.766. The first-order valence-corrected chi connectivity index (χ1v) is 8.51. The molecule has 0 aliphatic heterocycles. The number of thiophene rings is 1. The van der Waals surface area contributed by atoms with Crippen molar-refractivity contribution in [3.8, 4) is 5.75 Å². The average Bonchev–Trinajstić information content (AvgIpc) is 2.81. The highest BCUT2D eigenvalue weighted by molar-refractivity contribution is 9.11. The lowest BCUT2D eigenvalue weighted by Gasteiger charge is -2.26. The monoisotopic (exact) mass is 351 g/mol. The summed E-state index contributed by atoms with van der Waals surface area (Å²) in [7, 11) is 0. The molecule has 1 unspecified atom stereocenters. The lowest BCUT2D eigenvalue weighted by Crippen LogP contribution is -2.16. The Bertz CT molecular complexity index is 650. The minimum Gasteiger partial charge on any atom is -0.507 e. The van der Waals surface area contributed by atoms with Crippen molar-refractivity contribution in [2.75, 3.05) is 5.32 Å². The molecule has 0 amide bonds. The summed E-state index contributed by atoms with van der Waals surface area (Å²) in [5, 5.41) is 13.7. The number of aromatic hydroxyl groups is 1. The predicted molar refractivity (Wildman–Crippen MR) is 88.9 cm³/mol. The molecule has 1 aromatic carbocycles. The van der Waals surface area contributed by atoms with Crippen LogP contribution in [0.1, 0.15) is 40.5 Å². The van der Waals surface area contributed by atoms with Gasteiger partial charge in [0, 0.05) is 16.1 Å². The van der Waals surface area contributed by atoms with Crippen LogP contribution < -0.4 is 5.32 Å². The van der Waals surface area contributed by atoms with Crippen LogP contribution >= 0.6 is 27.3 Å². The van der Waals surface area contributed by atoms with E-state index in [0.29, 0.717) is 11.8 Å². The van der Waals surface area contributed by atoms with Crippen molar-refractivity contribution in [2.24, 2.45) is 0 Å². The lowest BCUT2D eigenvalue weighted by molar-refractivity contribution is 0.467. The van der Waals surface area contributed by atoms with Crippen LogP contribution in [0.3, 0.4) is 0 Å². The van der Waals surface area contributed by atoms with Gasteiger partial charge in [0.05, 0.1) is 9.83 Å². The number of rotatable bonds is 2. The average molecular weight is 352 g/mol. The van der Waals surface area contributed by atoms with E-state index in [2.05, 4.69) is 33.4 Å². The molecule has 1 heterocycles. The molecule has 0 radical (unpaired) electrons. The van der Waals surface area contributed by atoms with E-state index in [1.165, 1.54) is 27.1 Å². The van der Waals surface area contributed by atoms with Crippen molar-refractivity contribution in [1.82, 2.24) is 0 Å². The number of halogens is 1. The molecule has 0 saturated carbocycles. The van der Waals surface area contributed by atoms with Gasteiger partial charge in [0.1, 0.15) is 5.75 Å². The predicted octanol–water partition coefficient (Wildman–Crippen LogP) is 5.32. The fourth-order valence-electron chi connectivity index (χ4n) is 2.85. The Labute approximate surface area is 132 Å². The van der Waals surface area contributed by atoms with Crippen LogP contribution in [0.4, 0.5) is 5.69 Å². The molecular weight excluding hydrogens is 334 g/mol. The number of fused-ring (bicyclic) bond motifs is 1. The molecule has 0 fully saturated rings. The molecule has 0 saturated heterocycles. The van der Waals surface area contributed by atoms with Gasteiger partial charge in [-0.25, -0.2) is 0 Å². The van der Waals surface area contributed by atoms with Gasteiger partial charge in [0.15, 0.2) is 0 Å². The summed E-state index contributed by atoms with van der Waals surface area (Å²) >= 11 is 5.43. The Morgan fingerprint density at radius 2 is 2.15 bits per heavy atom. The van der Waals surface area contributed by atoms with Gasteiger partial charge in [-0.2, -0.15) is 0 Å². The van der Waals surface area contributed by atoms with E-state index >= 15 is 0 Å². The SMILES string of the molecule is Cc1ccc(NC2CCCc3sc(Br)cc32)c(C)c1O. The number of benzene rings is 1. The van der Waals surface area contributed by atoms with Crippen molar-refractivity contribution in [3.05, 3.63) is 43.6 Å². The summed E-state index contributed by atoms with van der Waals surface area (Å²) in [6.07, 6.45) is 3.54. The van der Waals surface area contributed by atoms with Crippen molar-refractivity contribution in [2.45, 2.75) is 39.2 Å². The van der Waals surface area contributed by atoms with Gasteiger partial charge in [-0.05, 0) is 72.3 Å². The molecule has 0 spiro atoms. The number of nitrogens with one attached hydrogen (secondary N) is 1. The number of hydrogen-bond acceptors (Lipinski definition) is 3. The van der Waals surface area contributed by atoms with Crippen molar-refractivity contribution in [3.63, 3.8) is 0 Å². The van der Waals surface area contributed by atoms with Crippen molar-refractivity contribution >= 4 is 33.0 Å². The van der Waals surface area contributed by atoms with Gasteiger partial charge >= 0.3 is 0 Å². The number of phenols is 1. The van der Waals surface area contributed by atoms with Crippen molar-refractivity contribution < 1.29 is 5.11 Å². The molecule has 2 nitrogen and oxygen atoms in total. The zero-order valence-electron chi connectivity index (χ0n) is 11.7. The van der Waals surface area contributed by atoms with E-state index in [9.17, 15) is 5.11 Å². The van der Waals surface area contributed by atoms with E-state index in [4.69, 9.17) is 0 Å². The van der Waals surface area contributed by atoms with E-state index in [0.717, 1.165) is 23.2 Å². The summed E-state index contributed by atoms with van der Waals surface area (Å²) in [5.41, 5.74) is 4.31. The van der Waals surface area contributed by atoms with E-state index in [1.807, 2.05) is 31.3 Å². The minimum absolute atomic E-state index is 0.349. The number of anilines is 1. The fraction of sp³-hybridized carbons (Fsp3) is 0.375. The second kappa shape index (κ2) is 5.41. The second-order valence-corrected chi connectivity index (χ2v) is 7.94. The maximum Gasteiger partial charge on any atom is 0.123 e. The molecule has 1 aliphatic rings. The normalized spacial score (nSPS) is 17.9. The third-order valence-corrected chi connectivity index (χ3v) is 5.76. The summed E-state index contributed by atoms with van der Waals surface area (Å²) in [6, 6.07) is 6.63. The summed E-state index contributed by atoms with van der Waals surface area (Å²) in [4.78, 5) is 1.48. The molecule has 0 bridgehead atoms. The highest BCUT2D eigenvalue weighted by Gasteiger charge is 2.23. The molecule has 1 aromatic heterocycles. The van der Waals surface area contributed by atoms with Crippen LogP contribution in [0.2, 0.25) is 0 Å². The van der Waals surface area contributed by atoms with Crippen LogP contribution in [0.25, 0.3) is 0 Å². The van der Waals surface area contributed by atoms with Crippen LogP contribution in [0.5, 0.6) is 5.75 Å². The third-order valence-electron chi connectivity index (χ3n) is 4.05. The maximum absolute atomic E-state index is 10.1. The highest BCUT2D eigenvalue weighted by atomic mass is 79.9. The van der Waals surface area contributed by atoms with Gasteiger partial charge in [0.2, 0.25) is 0 Å². The zero-order valence-corrected chi connectivity index (χ0v) is 14.1. The number of aryl methyl sites for hydroxylation is 2. The first-order chi connectivity index (χ1) is 9.56. The van der Waals surface area contributed by atoms with Gasteiger partial charge < -0.3 is 10.4 Å². The molecule has 1 atom stereocenters. The smallest absolute Gasteiger partial charge is 0.123 e. The molecule has 1 aliphatic carbocycles. The maximum atomic E-state index is 10.1. The number of phenolic OH excluding ortho intramolecular Hbond substituents is 1. The Kier molecular flexibility index (Phi) is 3.78. The van der Waals surface area contributed by atoms with Crippen LogP contribution in [-0.2, 0) is 6.42 Å². The van der Waals surface area contributed by atoms with E-state index in [-0.39, 0.29) is 0 Å². The lowest BCUT2D eigenvalue weighted by atomic mass is 9.93. The molecule has 20 heavy (non-hydrogen) atoms. The Morgan fingerprint density at radius 1 is 1.35 bits per heavy atom. The standard InChI is InChI=1S/C16H18BrNOS/c1-9-6-7-12(10(2)16(9)19)18-13-4-3-5-14-11(13)8-15(17)20-14/h6-8,13,18-19H,3-5H2,1-2H3. The van der Waals surface area contributed by atoms with E-state index < -0.39 is 0 Å². The molecule has 2 N–H and O–H groups in total. The van der Waals surface area contributed by atoms with Crippen LogP contribution in [0, 0.1) is 13.8 Å². The number of hydrogen-bond donors (Lipinski definition) is 2. The Morgan fingerprint density at radius 3 is 2.95 bits per heavy atom. The first-order valence-electron chi connectivity index (χ1n) is 6.90. The second-order valence-electron chi connectivity index (χ2n) is 5.42. The fourth-order valence-corrected chi connectivity index (χ4v) is 4.67. The highest BCUT2D eigenvalue weighted by Crippen LogP contribution is 2.40. The first kappa shape index (κ1) is 14.0. The third kappa shape index (κ3) is 2.47. The molecule has 2 aromatic rings. The summed E-state index contributed by atoms with van der Waals surface area (Å²) < 4.78 is 1.21. The van der Waals surface area contributed by atoms with Gasteiger partial charge in [-0.1, -0.05) is 6.07 Å². The Balaban J connectivity index is 1.91. The summed E-state index contributed by atoms with van der Waals surface area (Å²) in [6.45, 7) is 3.90. The molecular formula is C16H18BrNOS. The summed E-state index contributed by atoms with van der Waals surface area (Å²) in [5.74, 6) is 0.400. The molecule has 3 rings (SSSR count). The van der Waals surface area contributed by atoms with Crippen LogP contribution in [0.15, 0.2) is 22.0 Å². The molecule has 4 heteroatoms. The zero-order chi connectivity index (χ0) is 14.3. The van der Waals surface area contributed by atoms with Gasteiger partial charge in [-0.15, -0.1) is 11.3 Å². The van der Waals surface area contributed by atoms with Gasteiger partial charge in [-0.3, -0.25) is 0 Å². The minimum atomic E-state index is 0.349. The topological polar surface area (TPSA) is 32.3 Å². The van der Waals surface area contributed by atoms with Gasteiger partial charge in [0.25, 0.3) is 0 Å². The van der Waals surface area contributed by atoms with E-state index in [1.54, 1.807) is 0 Å². The van der Waals surface area contributed by atoms with Crippen LogP contribution in [-0.4, -0.2) is 5.11 Å². The largest absolute Gasteiger partial charge is 0.507 e. The molecule has 106 valence electrons. The Hall–Kier alpha value is -1.00. The van der Waals surface area contributed by atoms with Crippen molar-refractivity contribution in [1.29, 1.82) is 0 Å².